The van der Waals surface area contributed by atoms with E-state index in [2.05, 4.69) is 5.32 Å². The highest BCUT2D eigenvalue weighted by molar-refractivity contribution is 7.92. The number of anilines is 1. The van der Waals surface area contributed by atoms with Crippen LogP contribution in [0.2, 0.25) is 0 Å². The topological polar surface area (TPSA) is 86.8 Å². The van der Waals surface area contributed by atoms with Gasteiger partial charge in [0.25, 0.3) is 0 Å². The SMILES string of the molecule is CCNC(=O)C(C)N(Cc1ccc(C)cc1)C(=O)CCCN(c1ccc(F)c(F)c1)S(C)(=O)=O. The van der Waals surface area contributed by atoms with E-state index in [-0.39, 0.29) is 43.4 Å². The summed E-state index contributed by atoms with van der Waals surface area (Å²) >= 11 is 0. The van der Waals surface area contributed by atoms with Crippen molar-refractivity contribution in [1.29, 1.82) is 0 Å². The normalized spacial score (nSPS) is 12.2. The second-order valence-corrected chi connectivity index (χ2v) is 10.0. The van der Waals surface area contributed by atoms with E-state index in [1.807, 2.05) is 31.2 Å². The van der Waals surface area contributed by atoms with E-state index in [1.54, 1.807) is 13.8 Å². The number of carbonyl (C=O) groups excluding carboxylic acids is 2. The van der Waals surface area contributed by atoms with Crippen molar-refractivity contribution in [2.75, 3.05) is 23.7 Å². The third-order valence-electron chi connectivity index (χ3n) is 5.34. The molecule has 0 aliphatic rings. The van der Waals surface area contributed by atoms with Gasteiger partial charge in [0.05, 0.1) is 11.9 Å². The number of aryl methyl sites for hydroxylation is 1. The van der Waals surface area contributed by atoms with E-state index in [9.17, 15) is 26.8 Å². The second-order valence-electron chi connectivity index (χ2n) is 8.11. The van der Waals surface area contributed by atoms with Gasteiger partial charge in [0.2, 0.25) is 21.8 Å². The van der Waals surface area contributed by atoms with Crippen molar-refractivity contribution < 1.29 is 26.8 Å². The van der Waals surface area contributed by atoms with Gasteiger partial charge < -0.3 is 10.2 Å². The smallest absolute Gasteiger partial charge is 0.242 e. The van der Waals surface area contributed by atoms with Gasteiger partial charge in [-0.3, -0.25) is 13.9 Å². The van der Waals surface area contributed by atoms with Gasteiger partial charge in [0.15, 0.2) is 11.6 Å². The zero-order valence-corrected chi connectivity index (χ0v) is 20.7. The van der Waals surface area contributed by atoms with Crippen molar-refractivity contribution in [3.8, 4) is 0 Å². The lowest BCUT2D eigenvalue weighted by Crippen LogP contribution is -2.47. The summed E-state index contributed by atoms with van der Waals surface area (Å²) in [6.45, 7) is 5.91. The number of amides is 2. The minimum absolute atomic E-state index is 0.0268. The van der Waals surface area contributed by atoms with Crippen LogP contribution in [0.25, 0.3) is 0 Å². The van der Waals surface area contributed by atoms with Gasteiger partial charge in [-0.2, -0.15) is 0 Å². The molecular formula is C24H31F2N3O4S. The Hall–Kier alpha value is -3.01. The van der Waals surface area contributed by atoms with Gasteiger partial charge in [-0.15, -0.1) is 0 Å². The molecule has 0 bridgehead atoms. The molecule has 2 aromatic rings. The van der Waals surface area contributed by atoms with Gasteiger partial charge in [-0.1, -0.05) is 29.8 Å². The zero-order valence-electron chi connectivity index (χ0n) is 19.8. The summed E-state index contributed by atoms with van der Waals surface area (Å²) in [6, 6.07) is 9.70. The summed E-state index contributed by atoms with van der Waals surface area (Å²) in [6.07, 6.45) is 1.04. The van der Waals surface area contributed by atoms with Gasteiger partial charge in [-0.05, 0) is 44.9 Å². The van der Waals surface area contributed by atoms with Crippen LogP contribution < -0.4 is 9.62 Å². The summed E-state index contributed by atoms with van der Waals surface area (Å²) in [5.41, 5.74) is 1.90. The van der Waals surface area contributed by atoms with Crippen LogP contribution in [0.3, 0.4) is 0 Å². The highest BCUT2D eigenvalue weighted by atomic mass is 32.2. The predicted octanol–water partition coefficient (Wildman–Crippen LogP) is 3.37. The third-order valence-corrected chi connectivity index (χ3v) is 6.53. The first-order chi connectivity index (χ1) is 15.9. The Morgan fingerprint density at radius 3 is 2.26 bits per heavy atom. The molecule has 10 heteroatoms. The number of likely N-dealkylation sites (N-methyl/N-ethyl adjacent to an activating group) is 1. The Balaban J connectivity index is 2.16. The van der Waals surface area contributed by atoms with E-state index >= 15 is 0 Å². The molecule has 0 aromatic heterocycles. The summed E-state index contributed by atoms with van der Waals surface area (Å²) in [5.74, 6) is -2.86. The number of carbonyl (C=O) groups is 2. The summed E-state index contributed by atoms with van der Waals surface area (Å²) in [4.78, 5) is 27.0. The molecule has 1 unspecified atom stereocenters. The van der Waals surface area contributed by atoms with Gasteiger partial charge in [0.1, 0.15) is 6.04 Å². The lowest BCUT2D eigenvalue weighted by molar-refractivity contribution is -0.140. The molecule has 0 heterocycles. The first-order valence-corrected chi connectivity index (χ1v) is 12.8. The van der Waals surface area contributed by atoms with Crippen molar-refractivity contribution in [3.05, 3.63) is 65.2 Å². The molecule has 0 aliphatic heterocycles. The van der Waals surface area contributed by atoms with Crippen LogP contribution in [0.4, 0.5) is 14.5 Å². The van der Waals surface area contributed by atoms with Crippen molar-refractivity contribution in [2.24, 2.45) is 0 Å². The van der Waals surface area contributed by atoms with Crippen molar-refractivity contribution in [2.45, 2.75) is 46.2 Å². The number of sulfonamides is 1. The molecule has 1 atom stereocenters. The summed E-state index contributed by atoms with van der Waals surface area (Å²) in [5, 5.41) is 2.71. The Labute approximate surface area is 199 Å². The van der Waals surface area contributed by atoms with E-state index in [0.717, 1.165) is 33.8 Å². The quantitative estimate of drug-likeness (QED) is 0.518. The van der Waals surface area contributed by atoms with Gasteiger partial charge in [-0.25, -0.2) is 17.2 Å². The number of hydrogen-bond acceptors (Lipinski definition) is 4. The molecule has 1 N–H and O–H groups in total. The van der Waals surface area contributed by atoms with Crippen LogP contribution in [0.15, 0.2) is 42.5 Å². The van der Waals surface area contributed by atoms with Crippen LogP contribution in [0.1, 0.15) is 37.8 Å². The minimum atomic E-state index is -3.80. The average Bonchev–Trinajstić information content (AvgIpc) is 2.77. The lowest BCUT2D eigenvalue weighted by Gasteiger charge is -2.29. The molecule has 2 aromatic carbocycles. The molecule has 7 nitrogen and oxygen atoms in total. The van der Waals surface area contributed by atoms with Gasteiger partial charge in [0, 0.05) is 32.1 Å². The van der Waals surface area contributed by atoms with Crippen LogP contribution in [0, 0.1) is 18.6 Å². The molecule has 0 fully saturated rings. The van der Waals surface area contributed by atoms with Crippen LogP contribution in [-0.4, -0.2) is 50.5 Å². The van der Waals surface area contributed by atoms with Crippen LogP contribution in [0.5, 0.6) is 0 Å². The lowest BCUT2D eigenvalue weighted by atomic mass is 10.1. The number of hydrogen-bond donors (Lipinski definition) is 1. The third kappa shape index (κ3) is 7.51. The Morgan fingerprint density at radius 2 is 1.71 bits per heavy atom. The fourth-order valence-corrected chi connectivity index (χ4v) is 4.40. The van der Waals surface area contributed by atoms with E-state index in [4.69, 9.17) is 0 Å². The maximum atomic E-state index is 13.6. The predicted molar refractivity (Wildman–Crippen MR) is 128 cm³/mol. The number of rotatable bonds is 11. The Kier molecular flexibility index (Phi) is 9.55. The molecule has 2 rings (SSSR count). The minimum Gasteiger partial charge on any atom is -0.355 e. The Morgan fingerprint density at radius 1 is 1.06 bits per heavy atom. The van der Waals surface area contributed by atoms with E-state index in [1.165, 1.54) is 11.0 Å². The molecule has 0 saturated heterocycles. The van der Waals surface area contributed by atoms with E-state index in [0.29, 0.717) is 6.54 Å². The standard InChI is InChI=1S/C24H31F2N3O4S/c1-5-27-24(31)18(3)28(16-19-10-8-17(2)9-11-19)23(30)7-6-14-29(34(4,32)33)20-12-13-21(25)22(26)15-20/h8-13,15,18H,5-7,14,16H2,1-4H3,(H,27,31). The first-order valence-electron chi connectivity index (χ1n) is 11.0. The van der Waals surface area contributed by atoms with E-state index < -0.39 is 27.7 Å². The zero-order chi connectivity index (χ0) is 25.5. The molecule has 34 heavy (non-hydrogen) atoms. The summed E-state index contributed by atoms with van der Waals surface area (Å²) < 4.78 is 52.3. The molecule has 0 saturated carbocycles. The molecule has 0 aliphatic carbocycles. The second kappa shape index (κ2) is 11.9. The fraction of sp³-hybridized carbons (Fsp3) is 0.417. The molecule has 0 spiro atoms. The van der Waals surface area contributed by atoms with Crippen LogP contribution in [-0.2, 0) is 26.2 Å². The van der Waals surface area contributed by atoms with Crippen molar-refractivity contribution in [3.63, 3.8) is 0 Å². The molecular weight excluding hydrogens is 464 g/mol. The fourth-order valence-electron chi connectivity index (χ4n) is 3.44. The largest absolute Gasteiger partial charge is 0.355 e. The Bertz CT molecular complexity index is 1110. The monoisotopic (exact) mass is 495 g/mol. The molecule has 186 valence electrons. The van der Waals surface area contributed by atoms with Crippen LogP contribution >= 0.6 is 0 Å². The summed E-state index contributed by atoms with van der Waals surface area (Å²) in [7, 11) is -3.80. The maximum absolute atomic E-state index is 13.6. The number of halogens is 2. The van der Waals surface area contributed by atoms with Gasteiger partial charge >= 0.3 is 0 Å². The number of nitrogens with one attached hydrogen (secondary N) is 1. The number of nitrogens with zero attached hydrogens (tertiary/aromatic N) is 2. The first kappa shape index (κ1) is 27.2. The van der Waals surface area contributed by atoms with Crippen molar-refractivity contribution in [1.82, 2.24) is 10.2 Å². The highest BCUT2D eigenvalue weighted by Crippen LogP contribution is 2.21. The molecule has 2 amide bonds. The highest BCUT2D eigenvalue weighted by Gasteiger charge is 2.26. The van der Waals surface area contributed by atoms with Crippen molar-refractivity contribution >= 4 is 27.5 Å². The average molecular weight is 496 g/mol. The maximum Gasteiger partial charge on any atom is 0.242 e. The molecule has 0 radical (unpaired) electrons. The number of benzene rings is 2.